The summed E-state index contributed by atoms with van der Waals surface area (Å²) in [6.07, 6.45) is 3.06. The number of benzene rings is 2. The number of aryl methyl sites for hydroxylation is 1. The Morgan fingerprint density at radius 2 is 1.78 bits per heavy atom. The Bertz CT molecular complexity index is 2050. The van der Waals surface area contributed by atoms with Crippen LogP contribution >= 0.6 is 23.2 Å². The monoisotopic (exact) mass is 660 g/mol. The molecule has 3 aromatic heterocycles. The number of carbonyl (C=O) groups is 1. The Kier molecular flexibility index (Phi) is 8.35. The van der Waals surface area contributed by atoms with Crippen LogP contribution in [0.15, 0.2) is 46.4 Å². The predicted octanol–water partition coefficient (Wildman–Crippen LogP) is 2.17. The zero-order valence-corrected chi connectivity index (χ0v) is 25.1. The second kappa shape index (κ2) is 12.4. The average Bonchev–Trinajstić information content (AvgIpc) is 3.60. The van der Waals surface area contributed by atoms with Gasteiger partial charge in [-0.25, -0.2) is 27.9 Å². The van der Waals surface area contributed by atoms with Crippen LogP contribution < -0.4 is 16.7 Å². The minimum atomic E-state index is -0.972. The summed E-state index contributed by atoms with van der Waals surface area (Å²) in [4.78, 5) is 49.2. The van der Waals surface area contributed by atoms with E-state index in [9.17, 15) is 23.2 Å². The molecule has 0 unspecified atom stereocenters. The number of carbonyl (C=O) groups excluding carboxylic acids is 1. The quantitative estimate of drug-likeness (QED) is 0.247. The summed E-state index contributed by atoms with van der Waals surface area (Å²) in [5.41, 5.74) is -1.22. The first kappa shape index (κ1) is 30.4. The van der Waals surface area contributed by atoms with Crippen LogP contribution in [0.25, 0.3) is 10.9 Å². The Balaban J connectivity index is 1.36. The zero-order chi connectivity index (χ0) is 31.8. The van der Waals surface area contributed by atoms with E-state index in [0.29, 0.717) is 43.3 Å². The van der Waals surface area contributed by atoms with E-state index >= 15 is 0 Å². The van der Waals surface area contributed by atoms with E-state index in [0.717, 1.165) is 15.2 Å². The first-order valence-electron chi connectivity index (χ1n) is 13.5. The van der Waals surface area contributed by atoms with Crippen LogP contribution in [-0.4, -0.2) is 75.8 Å². The van der Waals surface area contributed by atoms with Gasteiger partial charge in [-0.3, -0.25) is 18.7 Å². The molecule has 1 saturated heterocycles. The molecule has 2 aromatic carbocycles. The molecular weight excluding hydrogens is 637 g/mol. The molecule has 0 spiro atoms. The van der Waals surface area contributed by atoms with E-state index in [1.807, 2.05) is 0 Å². The van der Waals surface area contributed by atoms with Crippen LogP contribution in [0.2, 0.25) is 10.0 Å². The highest BCUT2D eigenvalue weighted by atomic mass is 35.5. The first-order chi connectivity index (χ1) is 21.5. The van der Waals surface area contributed by atoms with Crippen molar-refractivity contribution in [2.75, 3.05) is 31.6 Å². The SMILES string of the molecule is Cn1cnc(Cn2c(=O)nc(Nc3cc4cn(CC(=O)N5CCOCC5)nc4cc3Cl)n(Cc3cc(Cl)c(F)cc3F)c2=O)n1. The van der Waals surface area contributed by atoms with Gasteiger partial charge < -0.3 is 15.0 Å². The summed E-state index contributed by atoms with van der Waals surface area (Å²) in [7, 11) is 1.62. The molecule has 0 atom stereocenters. The smallest absolute Gasteiger partial charge is 0.355 e. The Morgan fingerprint density at radius 3 is 2.51 bits per heavy atom. The lowest BCUT2D eigenvalue weighted by Gasteiger charge is -2.26. The minimum absolute atomic E-state index is 0.00527. The summed E-state index contributed by atoms with van der Waals surface area (Å²) < 4.78 is 38.6. The van der Waals surface area contributed by atoms with Crippen LogP contribution in [-0.2, 0) is 36.2 Å². The second-order valence-corrected chi connectivity index (χ2v) is 11.0. The Labute approximate surface area is 262 Å². The van der Waals surface area contributed by atoms with Crippen molar-refractivity contribution in [3.63, 3.8) is 0 Å². The molecule has 6 rings (SSSR count). The van der Waals surface area contributed by atoms with Crippen LogP contribution in [0.4, 0.5) is 20.4 Å². The molecule has 1 N–H and O–H groups in total. The fourth-order valence-corrected chi connectivity index (χ4v) is 5.19. The van der Waals surface area contributed by atoms with Crippen molar-refractivity contribution < 1.29 is 18.3 Å². The number of aromatic nitrogens is 8. The number of hydrogen-bond donors (Lipinski definition) is 1. The molecule has 0 aliphatic carbocycles. The van der Waals surface area contributed by atoms with Gasteiger partial charge in [0, 0.05) is 43.4 Å². The number of hydrogen-bond acceptors (Lipinski definition) is 9. The first-order valence-corrected chi connectivity index (χ1v) is 14.3. The molecule has 45 heavy (non-hydrogen) atoms. The lowest BCUT2D eigenvalue weighted by molar-refractivity contribution is -0.136. The van der Waals surface area contributed by atoms with Gasteiger partial charge in [0.05, 0.1) is 47.6 Å². The van der Waals surface area contributed by atoms with Crippen molar-refractivity contribution in [2.24, 2.45) is 7.05 Å². The number of nitrogens with one attached hydrogen (secondary N) is 1. The number of halogens is 4. The number of morpholine rings is 1. The third-order valence-corrected chi connectivity index (χ3v) is 7.66. The molecule has 0 saturated carbocycles. The Hall–Kier alpha value is -4.67. The van der Waals surface area contributed by atoms with Crippen molar-refractivity contribution in [3.8, 4) is 0 Å². The van der Waals surface area contributed by atoms with Gasteiger partial charge in [-0.05, 0) is 18.2 Å². The highest BCUT2D eigenvalue weighted by molar-refractivity contribution is 6.34. The van der Waals surface area contributed by atoms with Crippen LogP contribution in [0.5, 0.6) is 0 Å². The molecule has 234 valence electrons. The van der Waals surface area contributed by atoms with Crippen molar-refractivity contribution in [1.82, 2.24) is 43.6 Å². The third kappa shape index (κ3) is 6.43. The van der Waals surface area contributed by atoms with Crippen molar-refractivity contribution in [2.45, 2.75) is 19.6 Å². The molecule has 1 aliphatic heterocycles. The molecular formula is C27H24Cl2F2N10O4. The molecule has 1 aliphatic rings. The van der Waals surface area contributed by atoms with Gasteiger partial charge in [0.15, 0.2) is 5.82 Å². The van der Waals surface area contributed by atoms with E-state index < -0.39 is 29.6 Å². The third-order valence-electron chi connectivity index (χ3n) is 7.06. The molecule has 0 bridgehead atoms. The van der Waals surface area contributed by atoms with Gasteiger partial charge in [0.25, 0.3) is 0 Å². The number of anilines is 2. The van der Waals surface area contributed by atoms with Crippen molar-refractivity contribution >= 4 is 51.6 Å². The number of fused-ring (bicyclic) bond motifs is 1. The fraction of sp³-hybridized carbons (Fsp3) is 0.296. The maximum atomic E-state index is 14.8. The number of amides is 1. The molecule has 4 heterocycles. The molecule has 18 heteroatoms. The molecule has 0 radical (unpaired) electrons. The largest absolute Gasteiger partial charge is 0.378 e. The van der Waals surface area contributed by atoms with Gasteiger partial charge in [0.1, 0.15) is 24.5 Å². The summed E-state index contributed by atoms with van der Waals surface area (Å²) in [6.45, 7) is 1.17. The highest BCUT2D eigenvalue weighted by Gasteiger charge is 2.21. The standard InChI is InChI=1S/C27H24Cl2F2N10O4/c1-37-14-32-23(36-37)12-41-26(43)34-25(40(27(41)44)11-15-6-17(28)20(31)9-19(15)30)33-22-7-16-10-39(35-21(16)8-18(22)29)13-24(42)38-2-4-45-5-3-38/h6-10,14H,2-5,11-13H2,1H3,(H,33,34,43). The average molecular weight is 661 g/mol. The molecule has 1 fully saturated rings. The van der Waals surface area contributed by atoms with Crippen molar-refractivity contribution in [3.05, 3.63) is 90.8 Å². The summed E-state index contributed by atoms with van der Waals surface area (Å²) in [5.74, 6) is -2.15. The van der Waals surface area contributed by atoms with Crippen molar-refractivity contribution in [1.29, 1.82) is 0 Å². The van der Waals surface area contributed by atoms with Crippen LogP contribution in [0.1, 0.15) is 11.4 Å². The van der Waals surface area contributed by atoms with Gasteiger partial charge in [0.2, 0.25) is 11.9 Å². The fourth-order valence-electron chi connectivity index (χ4n) is 4.80. The molecule has 5 aromatic rings. The summed E-state index contributed by atoms with van der Waals surface area (Å²) in [5, 5.41) is 11.8. The minimum Gasteiger partial charge on any atom is -0.378 e. The zero-order valence-electron chi connectivity index (χ0n) is 23.6. The van der Waals surface area contributed by atoms with E-state index in [4.69, 9.17) is 27.9 Å². The van der Waals surface area contributed by atoms with Gasteiger partial charge in [-0.2, -0.15) is 15.2 Å². The van der Waals surface area contributed by atoms with E-state index in [-0.39, 0.29) is 52.1 Å². The maximum absolute atomic E-state index is 14.8. The van der Waals surface area contributed by atoms with E-state index in [2.05, 4.69) is 25.5 Å². The lowest BCUT2D eigenvalue weighted by atomic mass is 10.2. The van der Waals surface area contributed by atoms with E-state index in [1.165, 1.54) is 15.7 Å². The normalized spacial score (nSPS) is 13.5. The topological polar surface area (TPSA) is 147 Å². The van der Waals surface area contributed by atoms with Gasteiger partial charge >= 0.3 is 11.4 Å². The highest BCUT2D eigenvalue weighted by Crippen LogP contribution is 2.30. The molecule has 1 amide bonds. The summed E-state index contributed by atoms with van der Waals surface area (Å²) in [6, 6.07) is 4.80. The second-order valence-electron chi connectivity index (χ2n) is 10.2. The van der Waals surface area contributed by atoms with Gasteiger partial charge in [-0.15, -0.1) is 0 Å². The maximum Gasteiger partial charge on any atom is 0.355 e. The Morgan fingerprint density at radius 1 is 1.00 bits per heavy atom. The number of ether oxygens (including phenoxy) is 1. The lowest BCUT2D eigenvalue weighted by Crippen LogP contribution is -2.43. The predicted molar refractivity (Wildman–Crippen MR) is 159 cm³/mol. The van der Waals surface area contributed by atoms with Gasteiger partial charge in [-0.1, -0.05) is 23.2 Å². The van der Waals surface area contributed by atoms with Crippen LogP contribution in [0.3, 0.4) is 0 Å². The molecule has 14 nitrogen and oxygen atoms in total. The van der Waals surface area contributed by atoms with E-state index in [1.54, 1.807) is 30.3 Å². The van der Waals surface area contributed by atoms with Crippen LogP contribution in [0, 0.1) is 11.6 Å². The summed E-state index contributed by atoms with van der Waals surface area (Å²) >= 11 is 12.4. The number of rotatable bonds is 8. The number of nitrogens with zero attached hydrogens (tertiary/aromatic N) is 9.